The van der Waals surface area contributed by atoms with E-state index in [0.717, 1.165) is 0 Å². The first kappa shape index (κ1) is 21.1. The summed E-state index contributed by atoms with van der Waals surface area (Å²) in [6.07, 6.45) is 2.12. The summed E-state index contributed by atoms with van der Waals surface area (Å²) in [5, 5.41) is 0. The Balaban J connectivity index is 0. The minimum absolute atomic E-state index is 0. The number of halogens is 1. The van der Waals surface area contributed by atoms with Gasteiger partial charge in [-0.2, -0.15) is 41.1 Å². The topological polar surface area (TPSA) is 0 Å². The summed E-state index contributed by atoms with van der Waals surface area (Å²) in [5.41, 5.74) is 3.09. The third-order valence-corrected chi connectivity index (χ3v) is 3.40. The fourth-order valence-electron chi connectivity index (χ4n) is 1.49. The summed E-state index contributed by atoms with van der Waals surface area (Å²) in [4.78, 5) is 1.25. The molecular weight excluding hydrogens is 316 g/mol. The first-order valence-electron chi connectivity index (χ1n) is 5.77. The average molecular weight is 340 g/mol. The molecule has 0 radical (unpaired) electrons. The Hall–Kier alpha value is 0.816. The van der Waals surface area contributed by atoms with E-state index in [4.69, 9.17) is 0 Å². The van der Waals surface area contributed by atoms with Crippen LogP contribution >= 0.6 is 11.8 Å². The van der Waals surface area contributed by atoms with E-state index in [1.54, 1.807) is 11.8 Å². The Kier molecular flexibility index (Phi) is 8.87. The Morgan fingerprint density at radius 1 is 0.944 bits per heavy atom. The second-order valence-electron chi connectivity index (χ2n) is 6.35. The standard InChI is InChI=1S/C15H23S.BrH.Mg/c1-14(2,3)11-8-12(15(4,5)6)10-13(9-11)16-7;;/h8-9H,1-7H3;1H;/q-1;;+2/p-1. The Morgan fingerprint density at radius 2 is 1.44 bits per heavy atom. The molecule has 0 spiro atoms. The van der Waals surface area contributed by atoms with Crippen molar-refractivity contribution in [2.45, 2.75) is 57.3 Å². The van der Waals surface area contributed by atoms with Crippen LogP contribution < -0.4 is 17.0 Å². The van der Waals surface area contributed by atoms with Gasteiger partial charge in [-0.3, -0.25) is 0 Å². The Bertz CT molecular complexity index is 343. The van der Waals surface area contributed by atoms with Crippen LogP contribution in [-0.2, 0) is 10.8 Å². The molecule has 0 atom stereocenters. The summed E-state index contributed by atoms with van der Waals surface area (Å²) >= 11 is 1.77. The van der Waals surface area contributed by atoms with E-state index in [9.17, 15) is 0 Å². The maximum Gasteiger partial charge on any atom is 2.00 e. The zero-order valence-corrected chi connectivity index (χ0v) is 16.5. The molecule has 0 aliphatic heterocycles. The van der Waals surface area contributed by atoms with Crippen molar-refractivity contribution < 1.29 is 17.0 Å². The van der Waals surface area contributed by atoms with E-state index in [-0.39, 0.29) is 50.9 Å². The molecule has 1 aromatic rings. The number of hydrogen-bond donors (Lipinski definition) is 0. The van der Waals surface area contributed by atoms with Gasteiger partial charge in [-0.15, -0.1) is 4.90 Å². The maximum atomic E-state index is 3.51. The molecule has 0 nitrogen and oxygen atoms in total. The smallest absolute Gasteiger partial charge is 1.00 e. The average Bonchev–Trinajstić information content (AvgIpc) is 2.14. The van der Waals surface area contributed by atoms with Crippen LogP contribution in [0.3, 0.4) is 0 Å². The molecule has 0 bridgehead atoms. The van der Waals surface area contributed by atoms with Gasteiger partial charge < -0.3 is 17.0 Å². The van der Waals surface area contributed by atoms with E-state index in [2.05, 4.69) is 66.0 Å². The molecule has 0 unspecified atom stereocenters. The van der Waals surface area contributed by atoms with E-state index in [0.29, 0.717) is 0 Å². The van der Waals surface area contributed by atoms with Crippen LogP contribution in [0.15, 0.2) is 17.0 Å². The molecule has 0 aliphatic carbocycles. The largest absolute Gasteiger partial charge is 2.00 e. The van der Waals surface area contributed by atoms with Gasteiger partial charge in [-0.05, 0) is 17.1 Å². The second kappa shape index (κ2) is 7.56. The molecule has 0 aromatic heterocycles. The number of benzene rings is 1. The van der Waals surface area contributed by atoms with Crippen LogP contribution in [0.4, 0.5) is 0 Å². The molecule has 0 heterocycles. The van der Waals surface area contributed by atoms with E-state index in [1.807, 2.05) is 0 Å². The van der Waals surface area contributed by atoms with Gasteiger partial charge in [0.05, 0.1) is 0 Å². The van der Waals surface area contributed by atoms with Crippen LogP contribution in [0.5, 0.6) is 0 Å². The molecule has 3 heteroatoms. The van der Waals surface area contributed by atoms with Crippen LogP contribution in [0.25, 0.3) is 0 Å². The van der Waals surface area contributed by atoms with Gasteiger partial charge in [0.1, 0.15) is 0 Å². The molecule has 0 aliphatic rings. The van der Waals surface area contributed by atoms with Crippen LogP contribution in [-0.4, -0.2) is 29.3 Å². The van der Waals surface area contributed by atoms with E-state index >= 15 is 0 Å². The Morgan fingerprint density at radius 3 is 1.78 bits per heavy atom. The zero-order valence-electron chi connectivity index (χ0n) is 12.6. The summed E-state index contributed by atoms with van der Waals surface area (Å²) < 4.78 is 0. The molecule has 0 N–H and O–H groups in total. The SMILES string of the molecule is CSc1[c-]c(C(C)(C)C)cc(C(C)(C)C)c1.[Br-].[Mg+2]. The Labute approximate surface area is 144 Å². The summed E-state index contributed by atoms with van der Waals surface area (Å²) in [7, 11) is 0. The van der Waals surface area contributed by atoms with Crippen molar-refractivity contribution in [1.29, 1.82) is 0 Å². The fraction of sp³-hybridized carbons (Fsp3) is 0.600. The molecule has 0 saturated carbocycles. The van der Waals surface area contributed by atoms with Gasteiger partial charge in [-0.25, -0.2) is 0 Å². The number of hydrogen-bond acceptors (Lipinski definition) is 1. The number of thioether (sulfide) groups is 1. The molecular formula is C15H23BrMgS. The molecule has 18 heavy (non-hydrogen) atoms. The zero-order chi connectivity index (χ0) is 12.6. The third-order valence-electron chi connectivity index (χ3n) is 2.74. The van der Waals surface area contributed by atoms with Crippen molar-refractivity contribution in [2.24, 2.45) is 0 Å². The summed E-state index contributed by atoms with van der Waals surface area (Å²) in [5.74, 6) is 0. The van der Waals surface area contributed by atoms with Gasteiger partial charge >= 0.3 is 23.1 Å². The second-order valence-corrected chi connectivity index (χ2v) is 7.20. The van der Waals surface area contributed by atoms with Gasteiger partial charge in [0.15, 0.2) is 0 Å². The maximum absolute atomic E-state index is 3.51. The molecule has 0 fully saturated rings. The molecule has 0 saturated heterocycles. The van der Waals surface area contributed by atoms with Crippen molar-refractivity contribution in [3.05, 3.63) is 29.3 Å². The van der Waals surface area contributed by atoms with Crippen LogP contribution in [0.1, 0.15) is 52.7 Å². The molecule has 1 rings (SSSR count). The first-order chi connectivity index (χ1) is 7.14. The van der Waals surface area contributed by atoms with Gasteiger partial charge in [0, 0.05) is 0 Å². The molecule has 1 aromatic carbocycles. The van der Waals surface area contributed by atoms with Crippen molar-refractivity contribution >= 4 is 34.8 Å². The van der Waals surface area contributed by atoms with E-state index in [1.165, 1.54) is 16.0 Å². The van der Waals surface area contributed by atoms with Crippen molar-refractivity contribution in [3.63, 3.8) is 0 Å². The van der Waals surface area contributed by atoms with Crippen molar-refractivity contribution in [2.75, 3.05) is 6.26 Å². The quantitative estimate of drug-likeness (QED) is 0.424. The van der Waals surface area contributed by atoms with E-state index < -0.39 is 0 Å². The number of rotatable bonds is 1. The molecule has 98 valence electrons. The first-order valence-corrected chi connectivity index (χ1v) is 6.99. The summed E-state index contributed by atoms with van der Waals surface area (Å²) in [6.45, 7) is 13.5. The van der Waals surface area contributed by atoms with Crippen LogP contribution in [0.2, 0.25) is 0 Å². The fourth-order valence-corrected chi connectivity index (χ4v) is 1.95. The molecule has 0 amide bonds. The summed E-state index contributed by atoms with van der Waals surface area (Å²) in [6, 6.07) is 8.08. The van der Waals surface area contributed by atoms with Crippen molar-refractivity contribution in [1.82, 2.24) is 0 Å². The predicted molar refractivity (Wildman–Crippen MR) is 80.2 cm³/mol. The van der Waals surface area contributed by atoms with Crippen molar-refractivity contribution in [3.8, 4) is 0 Å². The van der Waals surface area contributed by atoms with Gasteiger partial charge in [-0.1, -0.05) is 41.5 Å². The van der Waals surface area contributed by atoms with Crippen LogP contribution in [0, 0.1) is 6.07 Å². The third kappa shape index (κ3) is 5.85. The normalized spacial score (nSPS) is 11.5. The van der Waals surface area contributed by atoms with Gasteiger partial charge in [0.2, 0.25) is 0 Å². The minimum Gasteiger partial charge on any atom is -1.00 e. The minimum atomic E-state index is 0. The monoisotopic (exact) mass is 338 g/mol. The van der Waals surface area contributed by atoms with Gasteiger partial charge in [0.25, 0.3) is 0 Å². The predicted octanol–water partition coefficient (Wildman–Crippen LogP) is 1.43.